The Kier molecular flexibility index (Phi) is 2.38. The minimum atomic E-state index is -0.568. The van der Waals surface area contributed by atoms with Crippen LogP contribution < -0.4 is 0 Å². The van der Waals surface area contributed by atoms with E-state index in [1.54, 1.807) is 0 Å². The first kappa shape index (κ1) is 10.4. The van der Waals surface area contributed by atoms with Crippen molar-refractivity contribution in [3.8, 4) is 0 Å². The van der Waals surface area contributed by atoms with Crippen molar-refractivity contribution >= 4 is 11.8 Å². The summed E-state index contributed by atoms with van der Waals surface area (Å²) < 4.78 is 0. The molecule has 0 aromatic heterocycles. The zero-order valence-corrected chi connectivity index (χ0v) is 8.77. The van der Waals surface area contributed by atoms with Gasteiger partial charge in [0.15, 0.2) is 0 Å². The first-order valence-corrected chi connectivity index (χ1v) is 5.23. The quantitative estimate of drug-likeness (QED) is 0.526. The van der Waals surface area contributed by atoms with Gasteiger partial charge in [0.2, 0.25) is 11.8 Å². The van der Waals surface area contributed by atoms with Gasteiger partial charge in [-0.25, -0.2) is 0 Å². The van der Waals surface area contributed by atoms with Gasteiger partial charge in [-0.15, -0.1) is 0 Å². The summed E-state index contributed by atoms with van der Waals surface area (Å²) in [5, 5.41) is 8.82. The minimum Gasteiger partial charge on any atom is -0.395 e. The average molecular weight is 209 g/mol. The first-order chi connectivity index (χ1) is 7.11. The van der Waals surface area contributed by atoms with Crippen molar-refractivity contribution in [2.24, 2.45) is 11.3 Å². The van der Waals surface area contributed by atoms with Crippen LogP contribution in [0.15, 0.2) is 12.2 Å². The average Bonchev–Trinajstić information content (AvgIpc) is 2.41. The van der Waals surface area contributed by atoms with Gasteiger partial charge >= 0.3 is 0 Å². The van der Waals surface area contributed by atoms with Crippen molar-refractivity contribution in [2.75, 3.05) is 13.2 Å². The van der Waals surface area contributed by atoms with E-state index in [0.717, 1.165) is 0 Å². The van der Waals surface area contributed by atoms with Crippen molar-refractivity contribution < 1.29 is 14.7 Å². The minimum absolute atomic E-state index is 0.124. The highest BCUT2D eigenvalue weighted by molar-refractivity contribution is 6.07. The molecule has 1 heterocycles. The normalized spacial score (nSPS) is 34.8. The highest BCUT2D eigenvalue weighted by Crippen LogP contribution is 2.45. The lowest BCUT2D eigenvalue weighted by Crippen LogP contribution is -2.36. The van der Waals surface area contributed by atoms with Gasteiger partial charge in [0.1, 0.15) is 0 Å². The fourth-order valence-corrected chi connectivity index (χ4v) is 2.48. The van der Waals surface area contributed by atoms with Crippen molar-refractivity contribution in [3.63, 3.8) is 0 Å². The van der Waals surface area contributed by atoms with E-state index < -0.39 is 5.41 Å². The van der Waals surface area contributed by atoms with E-state index in [2.05, 4.69) is 0 Å². The molecule has 1 fully saturated rings. The van der Waals surface area contributed by atoms with Crippen molar-refractivity contribution in [2.45, 2.75) is 19.8 Å². The Labute approximate surface area is 88.6 Å². The summed E-state index contributed by atoms with van der Waals surface area (Å²) >= 11 is 0. The summed E-state index contributed by atoms with van der Waals surface area (Å²) in [7, 11) is 0. The van der Waals surface area contributed by atoms with Crippen LogP contribution >= 0.6 is 0 Å². The topological polar surface area (TPSA) is 57.6 Å². The van der Waals surface area contributed by atoms with Gasteiger partial charge in [0, 0.05) is 0 Å². The fourth-order valence-electron chi connectivity index (χ4n) is 2.48. The zero-order valence-electron chi connectivity index (χ0n) is 8.77. The number of carbonyl (C=O) groups is 2. The van der Waals surface area contributed by atoms with E-state index in [1.807, 2.05) is 19.1 Å². The third-order valence-corrected chi connectivity index (χ3v) is 3.47. The number of carbonyl (C=O) groups excluding carboxylic acids is 2. The molecule has 82 valence electrons. The molecule has 0 saturated carbocycles. The maximum Gasteiger partial charge on any atom is 0.236 e. The fraction of sp³-hybridized carbons (Fsp3) is 0.636. The highest BCUT2D eigenvalue weighted by atomic mass is 16.3. The monoisotopic (exact) mass is 209 g/mol. The van der Waals surface area contributed by atoms with Crippen LogP contribution in [-0.4, -0.2) is 35.0 Å². The summed E-state index contributed by atoms with van der Waals surface area (Å²) in [5.74, 6) is -0.474. The number of imide groups is 1. The summed E-state index contributed by atoms with van der Waals surface area (Å²) in [6.45, 7) is 1.82. The predicted molar refractivity (Wildman–Crippen MR) is 53.8 cm³/mol. The molecule has 0 radical (unpaired) electrons. The van der Waals surface area contributed by atoms with E-state index in [9.17, 15) is 9.59 Å². The van der Waals surface area contributed by atoms with Crippen molar-refractivity contribution in [1.29, 1.82) is 0 Å². The number of rotatable bonds is 2. The summed E-state index contributed by atoms with van der Waals surface area (Å²) in [4.78, 5) is 25.1. The molecule has 0 aromatic rings. The molecule has 2 rings (SSSR count). The van der Waals surface area contributed by atoms with Crippen LogP contribution in [0.25, 0.3) is 0 Å². The van der Waals surface area contributed by atoms with Crippen LogP contribution in [0.5, 0.6) is 0 Å². The van der Waals surface area contributed by atoms with Gasteiger partial charge in [-0.3, -0.25) is 14.5 Å². The van der Waals surface area contributed by atoms with Gasteiger partial charge in [-0.2, -0.15) is 0 Å². The number of nitrogens with zero attached hydrogens (tertiary/aromatic N) is 1. The Morgan fingerprint density at radius 2 is 2.27 bits per heavy atom. The second-order valence-electron chi connectivity index (χ2n) is 4.40. The van der Waals surface area contributed by atoms with Crippen LogP contribution in [0.3, 0.4) is 0 Å². The Hall–Kier alpha value is -1.16. The van der Waals surface area contributed by atoms with Gasteiger partial charge in [-0.05, 0) is 19.8 Å². The molecule has 0 aromatic carbocycles. The third kappa shape index (κ3) is 1.32. The van der Waals surface area contributed by atoms with Gasteiger partial charge in [-0.1, -0.05) is 12.2 Å². The molecule has 2 amide bonds. The number of aliphatic hydroxyl groups excluding tert-OH is 1. The molecule has 4 heteroatoms. The van der Waals surface area contributed by atoms with E-state index in [1.165, 1.54) is 4.90 Å². The SMILES string of the molecule is CC12CC=CCC1C(=O)N(CCO)C2=O. The summed E-state index contributed by atoms with van der Waals surface area (Å²) in [5.41, 5.74) is -0.568. The van der Waals surface area contributed by atoms with Crippen LogP contribution in [-0.2, 0) is 9.59 Å². The molecule has 1 aliphatic carbocycles. The molecule has 2 unspecified atom stereocenters. The van der Waals surface area contributed by atoms with E-state index in [4.69, 9.17) is 5.11 Å². The smallest absolute Gasteiger partial charge is 0.236 e. The molecule has 1 saturated heterocycles. The molecule has 1 aliphatic heterocycles. The lowest BCUT2D eigenvalue weighted by Gasteiger charge is -2.27. The Morgan fingerprint density at radius 1 is 1.53 bits per heavy atom. The number of hydrogen-bond acceptors (Lipinski definition) is 3. The third-order valence-electron chi connectivity index (χ3n) is 3.47. The molecule has 4 nitrogen and oxygen atoms in total. The van der Waals surface area contributed by atoms with Crippen LogP contribution in [0.4, 0.5) is 0 Å². The zero-order chi connectivity index (χ0) is 11.1. The van der Waals surface area contributed by atoms with E-state index in [-0.39, 0.29) is 30.9 Å². The summed E-state index contributed by atoms with van der Waals surface area (Å²) in [6, 6.07) is 0. The summed E-state index contributed by atoms with van der Waals surface area (Å²) in [6.07, 6.45) is 5.19. The molecule has 2 atom stereocenters. The van der Waals surface area contributed by atoms with Crippen LogP contribution in [0, 0.1) is 11.3 Å². The number of amides is 2. The van der Waals surface area contributed by atoms with Gasteiger partial charge in [0.25, 0.3) is 0 Å². The lowest BCUT2D eigenvalue weighted by molar-refractivity contribution is -0.141. The number of allylic oxidation sites excluding steroid dienone is 2. The molecule has 0 bridgehead atoms. The Balaban J connectivity index is 2.32. The number of fused-ring (bicyclic) bond motifs is 1. The van der Waals surface area contributed by atoms with E-state index >= 15 is 0 Å². The standard InChI is InChI=1S/C11H15NO3/c1-11-5-3-2-4-8(11)9(14)12(6-7-13)10(11)15/h2-3,8,13H,4-7H2,1H3. The molecule has 15 heavy (non-hydrogen) atoms. The predicted octanol–water partition coefficient (Wildman–Crippen LogP) is 0.320. The van der Waals surface area contributed by atoms with Gasteiger partial charge in [0.05, 0.1) is 24.5 Å². The number of aliphatic hydroxyl groups is 1. The second kappa shape index (κ2) is 3.45. The maximum atomic E-state index is 12.0. The molecule has 0 spiro atoms. The van der Waals surface area contributed by atoms with Crippen LogP contribution in [0.2, 0.25) is 0 Å². The Morgan fingerprint density at radius 3 is 2.87 bits per heavy atom. The highest BCUT2D eigenvalue weighted by Gasteiger charge is 2.55. The largest absolute Gasteiger partial charge is 0.395 e. The molecular weight excluding hydrogens is 194 g/mol. The van der Waals surface area contributed by atoms with Crippen LogP contribution in [0.1, 0.15) is 19.8 Å². The van der Waals surface area contributed by atoms with Crippen molar-refractivity contribution in [3.05, 3.63) is 12.2 Å². The van der Waals surface area contributed by atoms with Crippen molar-refractivity contribution in [1.82, 2.24) is 4.90 Å². The van der Waals surface area contributed by atoms with Gasteiger partial charge < -0.3 is 5.11 Å². The maximum absolute atomic E-state index is 12.0. The Bertz CT molecular complexity index is 337. The molecule has 2 aliphatic rings. The second-order valence-corrected chi connectivity index (χ2v) is 4.40. The number of β-amino-alcohol motifs (C(OH)–C–C–N with tert-alkyl or cyclic N) is 1. The number of hydrogen-bond donors (Lipinski definition) is 1. The number of likely N-dealkylation sites (tertiary alicyclic amines) is 1. The van der Waals surface area contributed by atoms with E-state index in [0.29, 0.717) is 12.8 Å². The molecular formula is C11H15NO3. The first-order valence-electron chi connectivity index (χ1n) is 5.23. The lowest BCUT2D eigenvalue weighted by atomic mass is 9.72. The molecule has 1 N–H and O–H groups in total.